The Morgan fingerprint density at radius 1 is 1.16 bits per heavy atom. The summed E-state index contributed by atoms with van der Waals surface area (Å²) in [6.45, 7) is 2.44. The quantitative estimate of drug-likeness (QED) is 0.611. The van der Waals surface area contributed by atoms with Gasteiger partial charge in [-0.15, -0.1) is 0 Å². The largest absolute Gasteiger partial charge is 0.449 e. The summed E-state index contributed by atoms with van der Waals surface area (Å²) in [7, 11) is 0. The average molecular weight is 264 g/mol. The third-order valence-corrected chi connectivity index (χ3v) is 2.62. The monoisotopic (exact) mass is 264 g/mol. The van der Waals surface area contributed by atoms with Gasteiger partial charge in [-0.1, -0.05) is 26.2 Å². The van der Waals surface area contributed by atoms with Crippen LogP contribution < -0.4 is 11.1 Å². The fraction of sp³-hybridized carbons (Fsp3) is 0.429. The summed E-state index contributed by atoms with van der Waals surface area (Å²) in [5, 5.41) is 2.17. The lowest BCUT2D eigenvalue weighted by Gasteiger charge is -2.06. The number of alkyl carbamates (subject to hydrolysis) is 1. The second kappa shape index (κ2) is 8.13. The number of ether oxygens (including phenoxy) is 1. The number of nitrogen functional groups attached to an aromatic ring is 1. The smallest absolute Gasteiger partial charge is 0.414 e. The molecule has 5 heteroatoms. The zero-order valence-corrected chi connectivity index (χ0v) is 11.1. The first kappa shape index (κ1) is 15.0. The fourth-order valence-electron chi connectivity index (χ4n) is 1.53. The van der Waals surface area contributed by atoms with E-state index < -0.39 is 12.0 Å². The van der Waals surface area contributed by atoms with E-state index in [2.05, 4.69) is 12.2 Å². The maximum atomic E-state index is 11.6. The molecule has 0 aliphatic heterocycles. The number of hydrogen-bond donors (Lipinski definition) is 2. The second-order valence-corrected chi connectivity index (χ2v) is 4.27. The normalized spacial score (nSPS) is 9.95. The number of unbranched alkanes of at least 4 members (excludes halogenated alkanes) is 3. The molecule has 0 heterocycles. The van der Waals surface area contributed by atoms with Crippen LogP contribution in [0.15, 0.2) is 24.3 Å². The van der Waals surface area contributed by atoms with Gasteiger partial charge in [0.25, 0.3) is 5.91 Å². The Bertz CT molecular complexity index is 415. The number of benzene rings is 1. The molecule has 0 atom stereocenters. The molecule has 1 aromatic rings. The van der Waals surface area contributed by atoms with Crippen molar-refractivity contribution in [1.82, 2.24) is 5.32 Å². The summed E-state index contributed by atoms with van der Waals surface area (Å²) < 4.78 is 4.91. The first-order valence-electron chi connectivity index (χ1n) is 6.47. The van der Waals surface area contributed by atoms with Crippen LogP contribution in [0.2, 0.25) is 0 Å². The Hall–Kier alpha value is -2.04. The highest BCUT2D eigenvalue weighted by Gasteiger charge is 2.10. The molecule has 0 bridgehead atoms. The number of nitrogens with one attached hydrogen (secondary N) is 1. The average Bonchev–Trinajstić information content (AvgIpc) is 2.39. The van der Waals surface area contributed by atoms with Crippen LogP contribution in [0.3, 0.4) is 0 Å². The van der Waals surface area contributed by atoms with E-state index in [-0.39, 0.29) is 0 Å². The van der Waals surface area contributed by atoms with Gasteiger partial charge in [-0.2, -0.15) is 0 Å². The highest BCUT2D eigenvalue weighted by Crippen LogP contribution is 2.05. The Kier molecular flexibility index (Phi) is 6.43. The topological polar surface area (TPSA) is 81.4 Å². The Balaban J connectivity index is 2.28. The van der Waals surface area contributed by atoms with Gasteiger partial charge in [0.2, 0.25) is 0 Å². The number of anilines is 1. The van der Waals surface area contributed by atoms with Gasteiger partial charge in [0, 0.05) is 11.3 Å². The van der Waals surface area contributed by atoms with Crippen LogP contribution in [0.25, 0.3) is 0 Å². The van der Waals surface area contributed by atoms with Gasteiger partial charge in [-0.05, 0) is 30.7 Å². The lowest BCUT2D eigenvalue weighted by Crippen LogP contribution is -2.31. The highest BCUT2D eigenvalue weighted by molar-refractivity contribution is 6.02. The molecule has 5 nitrogen and oxygen atoms in total. The molecule has 19 heavy (non-hydrogen) atoms. The van der Waals surface area contributed by atoms with Crippen molar-refractivity contribution in [2.45, 2.75) is 32.6 Å². The van der Waals surface area contributed by atoms with E-state index in [1.807, 2.05) is 0 Å². The van der Waals surface area contributed by atoms with Crippen molar-refractivity contribution in [3.8, 4) is 0 Å². The summed E-state index contributed by atoms with van der Waals surface area (Å²) in [6.07, 6.45) is 3.38. The minimum absolute atomic E-state index is 0.334. The van der Waals surface area contributed by atoms with Crippen molar-refractivity contribution >= 4 is 17.7 Å². The van der Waals surface area contributed by atoms with Crippen LogP contribution in [-0.2, 0) is 4.74 Å². The molecule has 0 radical (unpaired) electrons. The van der Waals surface area contributed by atoms with Crippen LogP contribution in [0, 0.1) is 0 Å². The zero-order valence-electron chi connectivity index (χ0n) is 11.1. The number of nitrogens with two attached hydrogens (primary N) is 1. The van der Waals surface area contributed by atoms with Gasteiger partial charge < -0.3 is 10.5 Å². The van der Waals surface area contributed by atoms with Crippen molar-refractivity contribution in [2.75, 3.05) is 12.3 Å². The molecule has 0 spiro atoms. The third-order valence-electron chi connectivity index (χ3n) is 2.62. The molecule has 0 aliphatic rings. The summed E-state index contributed by atoms with van der Waals surface area (Å²) in [5.41, 5.74) is 6.45. The first-order valence-corrected chi connectivity index (χ1v) is 6.47. The van der Waals surface area contributed by atoms with Gasteiger partial charge >= 0.3 is 6.09 Å². The van der Waals surface area contributed by atoms with Gasteiger partial charge in [0.05, 0.1) is 6.61 Å². The predicted octanol–water partition coefficient (Wildman–Crippen LogP) is 2.72. The molecule has 0 unspecified atom stereocenters. The van der Waals surface area contributed by atoms with E-state index in [0.717, 1.165) is 25.7 Å². The lowest BCUT2D eigenvalue weighted by molar-refractivity contribution is 0.0918. The summed E-state index contributed by atoms with van der Waals surface area (Å²) in [6, 6.07) is 6.31. The van der Waals surface area contributed by atoms with E-state index in [4.69, 9.17) is 10.5 Å². The van der Waals surface area contributed by atoms with Crippen molar-refractivity contribution in [3.63, 3.8) is 0 Å². The molecule has 1 rings (SSSR count). The molecule has 3 N–H and O–H groups in total. The maximum Gasteiger partial charge on any atom is 0.414 e. The lowest BCUT2D eigenvalue weighted by atomic mass is 10.2. The number of amides is 2. The number of rotatable bonds is 6. The third kappa shape index (κ3) is 5.90. The standard InChI is InChI=1S/C14H20N2O3/c1-2-3-4-5-10-19-14(18)16-13(17)11-6-8-12(15)9-7-11/h6-9H,2-5,10,15H2,1H3,(H,16,17,18). The number of carbonyl (C=O) groups excluding carboxylic acids is 2. The van der Waals surface area contributed by atoms with Crippen LogP contribution in [0.1, 0.15) is 43.0 Å². The molecule has 104 valence electrons. The van der Waals surface area contributed by atoms with Crippen LogP contribution in [-0.4, -0.2) is 18.6 Å². The van der Waals surface area contributed by atoms with E-state index in [9.17, 15) is 9.59 Å². The molecule has 1 aromatic carbocycles. The van der Waals surface area contributed by atoms with Gasteiger partial charge in [-0.25, -0.2) is 4.79 Å². The van der Waals surface area contributed by atoms with E-state index in [1.54, 1.807) is 24.3 Å². The second-order valence-electron chi connectivity index (χ2n) is 4.27. The first-order chi connectivity index (χ1) is 9.13. The SMILES string of the molecule is CCCCCCOC(=O)NC(=O)c1ccc(N)cc1. The molecule has 0 saturated heterocycles. The Labute approximate surface area is 113 Å². The zero-order chi connectivity index (χ0) is 14.1. The summed E-state index contributed by atoms with van der Waals surface area (Å²) >= 11 is 0. The number of imide groups is 1. The van der Waals surface area contributed by atoms with E-state index in [0.29, 0.717) is 17.9 Å². The molecular weight excluding hydrogens is 244 g/mol. The Morgan fingerprint density at radius 3 is 2.47 bits per heavy atom. The predicted molar refractivity (Wildman–Crippen MR) is 73.8 cm³/mol. The number of hydrogen-bond acceptors (Lipinski definition) is 4. The van der Waals surface area contributed by atoms with Crippen LogP contribution in [0.4, 0.5) is 10.5 Å². The Morgan fingerprint density at radius 2 is 1.84 bits per heavy atom. The van der Waals surface area contributed by atoms with E-state index in [1.165, 1.54) is 0 Å². The fourth-order valence-corrected chi connectivity index (χ4v) is 1.53. The van der Waals surface area contributed by atoms with E-state index >= 15 is 0 Å². The van der Waals surface area contributed by atoms with Gasteiger partial charge in [0.15, 0.2) is 0 Å². The summed E-state index contributed by atoms with van der Waals surface area (Å²) in [4.78, 5) is 23.0. The van der Waals surface area contributed by atoms with Crippen molar-refractivity contribution in [1.29, 1.82) is 0 Å². The van der Waals surface area contributed by atoms with Gasteiger partial charge in [0.1, 0.15) is 0 Å². The van der Waals surface area contributed by atoms with Crippen molar-refractivity contribution < 1.29 is 14.3 Å². The summed E-state index contributed by atoms with van der Waals surface area (Å²) in [5.74, 6) is -0.487. The molecule has 0 aliphatic carbocycles. The number of carbonyl (C=O) groups is 2. The van der Waals surface area contributed by atoms with Gasteiger partial charge in [-0.3, -0.25) is 10.1 Å². The highest BCUT2D eigenvalue weighted by atomic mass is 16.5. The van der Waals surface area contributed by atoms with Crippen molar-refractivity contribution in [2.24, 2.45) is 0 Å². The molecular formula is C14H20N2O3. The molecule has 0 aromatic heterocycles. The molecule has 0 fully saturated rings. The molecule has 0 saturated carbocycles. The maximum absolute atomic E-state index is 11.6. The minimum atomic E-state index is -0.710. The van der Waals surface area contributed by atoms with Crippen molar-refractivity contribution in [3.05, 3.63) is 29.8 Å². The van der Waals surface area contributed by atoms with Crippen LogP contribution >= 0.6 is 0 Å². The molecule has 2 amide bonds. The minimum Gasteiger partial charge on any atom is -0.449 e. The van der Waals surface area contributed by atoms with Crippen LogP contribution in [0.5, 0.6) is 0 Å².